The zero-order chi connectivity index (χ0) is 21.1. The quantitative estimate of drug-likeness (QED) is 0.561. The molecule has 0 aliphatic heterocycles. The van der Waals surface area contributed by atoms with Crippen molar-refractivity contribution in [2.75, 3.05) is 20.2 Å². The van der Waals surface area contributed by atoms with Gasteiger partial charge in [0.15, 0.2) is 0 Å². The smallest absolute Gasteiger partial charge is 0.242 e. The van der Waals surface area contributed by atoms with Crippen molar-refractivity contribution in [1.29, 1.82) is 0 Å². The van der Waals surface area contributed by atoms with Gasteiger partial charge in [-0.1, -0.05) is 48.9 Å². The zero-order valence-corrected chi connectivity index (χ0v) is 17.8. The molecular weight excluding hydrogens is 388 g/mol. The Labute approximate surface area is 178 Å². The van der Waals surface area contributed by atoms with Crippen LogP contribution < -0.4 is 10.1 Å². The van der Waals surface area contributed by atoms with Gasteiger partial charge in [-0.25, -0.2) is 0 Å². The highest BCUT2D eigenvalue weighted by Gasteiger charge is 2.27. The molecule has 1 unspecified atom stereocenters. The van der Waals surface area contributed by atoms with E-state index in [9.17, 15) is 9.59 Å². The monoisotopic (exact) mass is 416 g/mol. The van der Waals surface area contributed by atoms with E-state index in [1.165, 1.54) is 0 Å². The molecule has 0 aromatic heterocycles. The van der Waals surface area contributed by atoms with E-state index < -0.39 is 6.04 Å². The number of amides is 2. The Bertz CT molecular complexity index is 765. The summed E-state index contributed by atoms with van der Waals surface area (Å²) in [6.07, 6.45) is 2.19. The number of carbonyl (C=O) groups is 2. The Balaban J connectivity index is 1.93. The third-order valence-corrected chi connectivity index (χ3v) is 4.99. The highest BCUT2D eigenvalue weighted by molar-refractivity contribution is 6.30. The highest BCUT2D eigenvalue weighted by atomic mass is 35.5. The van der Waals surface area contributed by atoms with Gasteiger partial charge >= 0.3 is 0 Å². The lowest BCUT2D eigenvalue weighted by molar-refractivity contribution is -0.140. The van der Waals surface area contributed by atoms with Gasteiger partial charge in [0.1, 0.15) is 11.8 Å². The van der Waals surface area contributed by atoms with Crippen LogP contribution in [0.3, 0.4) is 0 Å². The predicted octanol–water partition coefficient (Wildman–Crippen LogP) is 4.09. The van der Waals surface area contributed by atoms with Crippen LogP contribution in [0.25, 0.3) is 0 Å². The normalized spacial score (nSPS) is 11.6. The SMILES string of the molecule is CCC(C(=O)NC)N(CCc1ccccc1)C(=O)CCCOc1ccc(Cl)cc1. The largest absolute Gasteiger partial charge is 0.494 e. The minimum Gasteiger partial charge on any atom is -0.494 e. The van der Waals surface area contributed by atoms with Crippen LogP contribution in [0.2, 0.25) is 5.02 Å². The minimum atomic E-state index is -0.464. The summed E-state index contributed by atoms with van der Waals surface area (Å²) in [6.45, 7) is 2.86. The number of likely N-dealkylation sites (N-methyl/N-ethyl adjacent to an activating group) is 1. The van der Waals surface area contributed by atoms with Crippen LogP contribution in [0.4, 0.5) is 0 Å². The maximum atomic E-state index is 12.9. The third-order valence-electron chi connectivity index (χ3n) is 4.73. The summed E-state index contributed by atoms with van der Waals surface area (Å²) in [5.74, 6) is 0.557. The van der Waals surface area contributed by atoms with Crippen molar-refractivity contribution >= 4 is 23.4 Å². The lowest BCUT2D eigenvalue weighted by atomic mass is 10.1. The zero-order valence-electron chi connectivity index (χ0n) is 17.1. The Morgan fingerprint density at radius 3 is 2.41 bits per heavy atom. The number of nitrogens with zero attached hydrogens (tertiary/aromatic N) is 1. The van der Waals surface area contributed by atoms with Gasteiger partial charge in [-0.2, -0.15) is 0 Å². The minimum absolute atomic E-state index is 0.0314. The van der Waals surface area contributed by atoms with Gasteiger partial charge in [0.2, 0.25) is 11.8 Å². The number of carbonyl (C=O) groups excluding carboxylic acids is 2. The van der Waals surface area contributed by atoms with Crippen LogP contribution in [0.1, 0.15) is 31.7 Å². The first-order valence-corrected chi connectivity index (χ1v) is 10.4. The molecule has 1 N–H and O–H groups in total. The van der Waals surface area contributed by atoms with Crippen LogP contribution in [-0.2, 0) is 16.0 Å². The lowest BCUT2D eigenvalue weighted by Crippen LogP contribution is -2.49. The van der Waals surface area contributed by atoms with E-state index in [0.29, 0.717) is 43.9 Å². The van der Waals surface area contributed by atoms with Crippen molar-refractivity contribution in [3.63, 3.8) is 0 Å². The van der Waals surface area contributed by atoms with Crippen molar-refractivity contribution in [2.45, 2.75) is 38.6 Å². The molecule has 0 fully saturated rings. The van der Waals surface area contributed by atoms with Crippen LogP contribution in [0.5, 0.6) is 5.75 Å². The van der Waals surface area contributed by atoms with E-state index in [4.69, 9.17) is 16.3 Å². The second kappa shape index (κ2) is 12.1. The van der Waals surface area contributed by atoms with Gasteiger partial charge in [-0.3, -0.25) is 9.59 Å². The second-order valence-corrected chi connectivity index (χ2v) is 7.20. The number of ether oxygens (including phenoxy) is 1. The molecule has 2 amide bonds. The van der Waals surface area contributed by atoms with E-state index in [2.05, 4.69) is 5.32 Å². The number of hydrogen-bond acceptors (Lipinski definition) is 3. The van der Waals surface area contributed by atoms with Gasteiger partial charge in [0, 0.05) is 25.0 Å². The average molecular weight is 417 g/mol. The van der Waals surface area contributed by atoms with Crippen molar-refractivity contribution in [2.24, 2.45) is 0 Å². The Morgan fingerprint density at radius 1 is 1.10 bits per heavy atom. The number of nitrogens with one attached hydrogen (secondary N) is 1. The fourth-order valence-electron chi connectivity index (χ4n) is 3.15. The third kappa shape index (κ3) is 7.42. The molecule has 6 heteroatoms. The van der Waals surface area contributed by atoms with E-state index in [1.807, 2.05) is 37.3 Å². The van der Waals surface area contributed by atoms with E-state index in [0.717, 1.165) is 11.3 Å². The molecule has 0 saturated heterocycles. The predicted molar refractivity (Wildman–Crippen MR) is 116 cm³/mol. The van der Waals surface area contributed by atoms with E-state index in [1.54, 1.807) is 36.2 Å². The summed E-state index contributed by atoms with van der Waals surface area (Å²) < 4.78 is 5.67. The van der Waals surface area contributed by atoms with Crippen LogP contribution in [0.15, 0.2) is 54.6 Å². The summed E-state index contributed by atoms with van der Waals surface area (Å²) in [6, 6.07) is 16.7. The summed E-state index contributed by atoms with van der Waals surface area (Å²) in [4.78, 5) is 26.9. The highest BCUT2D eigenvalue weighted by Crippen LogP contribution is 2.16. The molecule has 2 aromatic rings. The van der Waals surface area contributed by atoms with Crippen LogP contribution >= 0.6 is 11.6 Å². The molecular formula is C23H29ClN2O3. The van der Waals surface area contributed by atoms with E-state index in [-0.39, 0.29) is 11.8 Å². The lowest BCUT2D eigenvalue weighted by Gasteiger charge is -2.30. The second-order valence-electron chi connectivity index (χ2n) is 6.77. The fraction of sp³-hybridized carbons (Fsp3) is 0.391. The number of halogens is 1. The number of rotatable bonds is 11. The summed E-state index contributed by atoms with van der Waals surface area (Å²) in [5.41, 5.74) is 1.14. The van der Waals surface area contributed by atoms with Crippen molar-refractivity contribution < 1.29 is 14.3 Å². The molecule has 0 heterocycles. The molecule has 0 saturated carbocycles. The molecule has 2 aromatic carbocycles. The molecule has 156 valence electrons. The van der Waals surface area contributed by atoms with Crippen LogP contribution in [0, 0.1) is 0 Å². The van der Waals surface area contributed by atoms with Crippen molar-refractivity contribution in [1.82, 2.24) is 10.2 Å². The fourth-order valence-corrected chi connectivity index (χ4v) is 3.28. The Morgan fingerprint density at radius 2 is 1.79 bits per heavy atom. The molecule has 5 nitrogen and oxygen atoms in total. The average Bonchev–Trinajstić information content (AvgIpc) is 2.75. The molecule has 2 rings (SSSR count). The maximum Gasteiger partial charge on any atom is 0.242 e. The van der Waals surface area contributed by atoms with Gasteiger partial charge in [-0.05, 0) is 49.1 Å². The number of benzene rings is 2. The van der Waals surface area contributed by atoms with Gasteiger partial charge in [-0.15, -0.1) is 0 Å². The number of hydrogen-bond donors (Lipinski definition) is 1. The van der Waals surface area contributed by atoms with Crippen molar-refractivity contribution in [3.05, 3.63) is 65.2 Å². The molecule has 0 spiro atoms. The van der Waals surface area contributed by atoms with Gasteiger partial charge < -0.3 is 15.0 Å². The Kier molecular flexibility index (Phi) is 9.51. The first-order valence-electron chi connectivity index (χ1n) is 9.98. The summed E-state index contributed by atoms with van der Waals surface area (Å²) >= 11 is 5.87. The Hall–Kier alpha value is -2.53. The molecule has 0 aliphatic carbocycles. The molecule has 0 radical (unpaired) electrons. The topological polar surface area (TPSA) is 58.6 Å². The van der Waals surface area contributed by atoms with Crippen LogP contribution in [-0.4, -0.2) is 43.0 Å². The maximum absolute atomic E-state index is 12.9. The standard InChI is InChI=1S/C23H29ClN2O3/c1-3-21(23(28)25-2)26(16-15-18-8-5-4-6-9-18)22(27)10-7-17-29-20-13-11-19(24)12-14-20/h4-6,8-9,11-14,21H,3,7,10,15-17H2,1-2H3,(H,25,28). The van der Waals surface area contributed by atoms with Gasteiger partial charge in [0.05, 0.1) is 6.61 Å². The van der Waals surface area contributed by atoms with Gasteiger partial charge in [0.25, 0.3) is 0 Å². The molecule has 0 aliphatic rings. The summed E-state index contributed by atoms with van der Waals surface area (Å²) in [7, 11) is 1.60. The van der Waals surface area contributed by atoms with E-state index >= 15 is 0 Å². The molecule has 0 bridgehead atoms. The van der Waals surface area contributed by atoms with Crippen molar-refractivity contribution in [3.8, 4) is 5.75 Å². The first kappa shape index (κ1) is 22.8. The summed E-state index contributed by atoms with van der Waals surface area (Å²) in [5, 5.41) is 3.33. The molecule has 1 atom stereocenters. The molecule has 29 heavy (non-hydrogen) atoms. The first-order chi connectivity index (χ1) is 14.0.